The molecule has 1 heteroatoms. The van der Waals surface area contributed by atoms with Gasteiger partial charge in [0.1, 0.15) is 5.82 Å². The van der Waals surface area contributed by atoms with Crippen molar-refractivity contribution in [3.05, 3.63) is 35.1 Å². The van der Waals surface area contributed by atoms with Crippen LogP contribution in [0.25, 0.3) is 0 Å². The molecule has 1 aromatic rings. The third kappa shape index (κ3) is 6.10. The monoisotopic (exact) mass is 360 g/mol. The highest BCUT2D eigenvalue weighted by Crippen LogP contribution is 2.36. The topological polar surface area (TPSA) is 0 Å². The first-order chi connectivity index (χ1) is 12.6. The van der Waals surface area contributed by atoms with E-state index in [0.29, 0.717) is 11.8 Å². The molecule has 1 aliphatic rings. The molecule has 0 heterocycles. The van der Waals surface area contributed by atoms with Gasteiger partial charge in [0.25, 0.3) is 0 Å². The van der Waals surface area contributed by atoms with E-state index in [0.717, 1.165) is 30.2 Å². The average molecular weight is 361 g/mol. The lowest BCUT2D eigenvalue weighted by Gasteiger charge is -2.25. The van der Waals surface area contributed by atoms with E-state index < -0.39 is 0 Å². The first-order valence-electron chi connectivity index (χ1n) is 11.4. The normalized spacial score (nSPS) is 19.3. The van der Waals surface area contributed by atoms with Crippen molar-refractivity contribution >= 4 is 0 Å². The van der Waals surface area contributed by atoms with Gasteiger partial charge in [-0.1, -0.05) is 78.4 Å². The summed E-state index contributed by atoms with van der Waals surface area (Å²) in [6, 6.07) is 6.20. The van der Waals surface area contributed by atoms with Gasteiger partial charge in [0.05, 0.1) is 0 Å². The van der Waals surface area contributed by atoms with Gasteiger partial charge < -0.3 is 0 Å². The minimum Gasteiger partial charge on any atom is -0.207 e. The van der Waals surface area contributed by atoms with Crippen LogP contribution in [0, 0.1) is 17.7 Å². The van der Waals surface area contributed by atoms with Crippen LogP contribution >= 0.6 is 0 Å². The molecular formula is C25H41F. The lowest BCUT2D eigenvalue weighted by atomic mass is 9.81. The minimum absolute atomic E-state index is 0.0478. The Hall–Kier alpha value is -0.850. The summed E-state index contributed by atoms with van der Waals surface area (Å²) in [5.74, 6) is 2.53. The Morgan fingerprint density at radius 3 is 2.27 bits per heavy atom. The highest BCUT2D eigenvalue weighted by Gasteiger charge is 2.21. The first-order valence-corrected chi connectivity index (χ1v) is 11.4. The number of halogens is 1. The molecule has 0 saturated heterocycles. The number of unbranched alkanes of at least 4 members (excludes halogenated alkanes) is 1. The van der Waals surface area contributed by atoms with Crippen LogP contribution in [0.1, 0.15) is 121 Å². The number of hydrogen-bond acceptors (Lipinski definition) is 0. The second kappa shape index (κ2) is 11.1. The van der Waals surface area contributed by atoms with E-state index in [-0.39, 0.29) is 5.82 Å². The lowest BCUT2D eigenvalue weighted by Crippen LogP contribution is -2.11. The molecule has 0 aromatic heterocycles. The smallest absolute Gasteiger partial charge is 0.126 e. The van der Waals surface area contributed by atoms with Gasteiger partial charge in [0.15, 0.2) is 0 Å². The second-order valence-corrected chi connectivity index (χ2v) is 8.90. The maximum absolute atomic E-state index is 14.9. The Bertz CT molecular complexity index is 515. The van der Waals surface area contributed by atoms with Crippen molar-refractivity contribution in [1.29, 1.82) is 0 Å². The fourth-order valence-corrected chi connectivity index (χ4v) is 4.70. The second-order valence-electron chi connectivity index (χ2n) is 8.90. The molecule has 2 rings (SSSR count). The maximum atomic E-state index is 14.9. The number of benzene rings is 1. The zero-order valence-corrected chi connectivity index (χ0v) is 17.7. The van der Waals surface area contributed by atoms with Crippen molar-refractivity contribution in [2.75, 3.05) is 0 Å². The van der Waals surface area contributed by atoms with Crippen LogP contribution in [0.3, 0.4) is 0 Å². The summed E-state index contributed by atoms with van der Waals surface area (Å²) < 4.78 is 14.9. The maximum Gasteiger partial charge on any atom is 0.126 e. The van der Waals surface area contributed by atoms with Crippen molar-refractivity contribution in [1.82, 2.24) is 0 Å². The van der Waals surface area contributed by atoms with Gasteiger partial charge in [-0.15, -0.1) is 0 Å². The molecule has 1 saturated carbocycles. The first kappa shape index (κ1) is 21.5. The van der Waals surface area contributed by atoms with Gasteiger partial charge in [0.2, 0.25) is 0 Å². The minimum atomic E-state index is 0.0478. The Kier molecular flexibility index (Phi) is 9.16. The standard InChI is InChI=1S/C25H41F/c1-5-7-11-19(3)20(4)14-15-21(6-2)24-17-16-23(18-25(24)26)22-12-9-8-10-13-22/h16-22H,5-15H2,1-4H3. The van der Waals surface area contributed by atoms with E-state index >= 15 is 0 Å². The van der Waals surface area contributed by atoms with Crippen LogP contribution in [0.15, 0.2) is 18.2 Å². The Balaban J connectivity index is 1.96. The third-order valence-electron chi connectivity index (χ3n) is 6.99. The van der Waals surface area contributed by atoms with E-state index in [1.165, 1.54) is 63.4 Å². The van der Waals surface area contributed by atoms with Crippen LogP contribution in [-0.2, 0) is 0 Å². The van der Waals surface area contributed by atoms with E-state index in [9.17, 15) is 4.39 Å². The summed E-state index contributed by atoms with van der Waals surface area (Å²) in [5, 5.41) is 0. The van der Waals surface area contributed by atoms with Crippen LogP contribution in [0.2, 0.25) is 0 Å². The molecule has 0 N–H and O–H groups in total. The van der Waals surface area contributed by atoms with Crippen LogP contribution < -0.4 is 0 Å². The predicted octanol–water partition coefficient (Wildman–Crippen LogP) is 8.61. The fourth-order valence-electron chi connectivity index (χ4n) is 4.70. The zero-order chi connectivity index (χ0) is 18.9. The summed E-state index contributed by atoms with van der Waals surface area (Å²) in [4.78, 5) is 0. The Morgan fingerprint density at radius 2 is 1.65 bits per heavy atom. The van der Waals surface area contributed by atoms with Gasteiger partial charge in [-0.2, -0.15) is 0 Å². The molecule has 0 bridgehead atoms. The number of hydrogen-bond donors (Lipinski definition) is 0. The summed E-state index contributed by atoms with van der Waals surface area (Å²) in [6.07, 6.45) is 13.8. The van der Waals surface area contributed by atoms with Crippen molar-refractivity contribution in [3.8, 4) is 0 Å². The molecule has 3 unspecified atom stereocenters. The molecule has 1 fully saturated rings. The highest BCUT2D eigenvalue weighted by atomic mass is 19.1. The highest BCUT2D eigenvalue weighted by molar-refractivity contribution is 5.29. The van der Waals surface area contributed by atoms with Crippen LogP contribution in [-0.4, -0.2) is 0 Å². The van der Waals surface area contributed by atoms with Gasteiger partial charge in [-0.05, 0) is 73.0 Å². The van der Waals surface area contributed by atoms with Crippen molar-refractivity contribution in [2.45, 2.75) is 110 Å². The third-order valence-corrected chi connectivity index (χ3v) is 6.99. The molecule has 0 amide bonds. The summed E-state index contributed by atoms with van der Waals surface area (Å²) >= 11 is 0. The molecule has 148 valence electrons. The molecule has 0 radical (unpaired) electrons. The van der Waals surface area contributed by atoms with E-state index in [1.54, 1.807) is 0 Å². The van der Waals surface area contributed by atoms with Crippen molar-refractivity contribution < 1.29 is 4.39 Å². The average Bonchev–Trinajstić information content (AvgIpc) is 2.67. The predicted molar refractivity (Wildman–Crippen MR) is 112 cm³/mol. The zero-order valence-electron chi connectivity index (χ0n) is 17.7. The summed E-state index contributed by atoms with van der Waals surface area (Å²) in [5.41, 5.74) is 2.20. The quantitative estimate of drug-likeness (QED) is 0.392. The number of rotatable bonds is 10. The van der Waals surface area contributed by atoms with Crippen LogP contribution in [0.4, 0.5) is 4.39 Å². The van der Waals surface area contributed by atoms with E-state index in [1.807, 2.05) is 6.07 Å². The van der Waals surface area contributed by atoms with Gasteiger partial charge >= 0.3 is 0 Å². The van der Waals surface area contributed by atoms with Gasteiger partial charge in [-0.3, -0.25) is 0 Å². The summed E-state index contributed by atoms with van der Waals surface area (Å²) in [6.45, 7) is 9.25. The lowest BCUT2D eigenvalue weighted by molar-refractivity contribution is 0.318. The Morgan fingerprint density at radius 1 is 0.962 bits per heavy atom. The Labute approximate surface area is 162 Å². The molecular weight excluding hydrogens is 319 g/mol. The summed E-state index contributed by atoms with van der Waals surface area (Å²) in [7, 11) is 0. The SMILES string of the molecule is CCCCC(C)C(C)CCC(CC)c1ccc(C2CCCCC2)cc1F. The molecule has 26 heavy (non-hydrogen) atoms. The fraction of sp³-hybridized carbons (Fsp3) is 0.760. The van der Waals surface area contributed by atoms with Crippen molar-refractivity contribution in [2.24, 2.45) is 11.8 Å². The molecule has 0 spiro atoms. The van der Waals surface area contributed by atoms with Crippen LogP contribution in [0.5, 0.6) is 0 Å². The molecule has 1 aliphatic carbocycles. The van der Waals surface area contributed by atoms with Gasteiger partial charge in [-0.25, -0.2) is 4.39 Å². The van der Waals surface area contributed by atoms with E-state index in [4.69, 9.17) is 0 Å². The van der Waals surface area contributed by atoms with Gasteiger partial charge in [0, 0.05) is 0 Å². The molecule has 1 aromatic carbocycles. The molecule has 0 nitrogen and oxygen atoms in total. The molecule has 0 aliphatic heterocycles. The van der Waals surface area contributed by atoms with E-state index in [2.05, 4.69) is 39.8 Å². The largest absolute Gasteiger partial charge is 0.207 e. The van der Waals surface area contributed by atoms with Crippen molar-refractivity contribution in [3.63, 3.8) is 0 Å². The molecule has 3 atom stereocenters.